The number of methoxy groups -OCH3 is 1. The number of nitrogens with one attached hydrogen (secondary N) is 2. The van der Waals surface area contributed by atoms with Crippen molar-refractivity contribution in [2.24, 2.45) is 0 Å². The number of rotatable bonds is 5. The van der Waals surface area contributed by atoms with E-state index in [1.807, 2.05) is 49.1 Å². The van der Waals surface area contributed by atoms with Gasteiger partial charge in [-0.3, -0.25) is 0 Å². The molecule has 1 aliphatic heterocycles. The number of halogens is 1. The summed E-state index contributed by atoms with van der Waals surface area (Å²) in [4.78, 5) is 29.4. The lowest BCUT2D eigenvalue weighted by Gasteiger charge is -2.40. The van der Waals surface area contributed by atoms with Crippen LogP contribution in [0.3, 0.4) is 0 Å². The summed E-state index contributed by atoms with van der Waals surface area (Å²) in [5.74, 6) is 1.33. The molecule has 0 spiro atoms. The molecule has 0 aliphatic carbocycles. The molecule has 4 aromatic rings. The van der Waals surface area contributed by atoms with E-state index in [-0.39, 0.29) is 23.9 Å². The number of hydrogen-bond acceptors (Lipinski definition) is 5. The smallest absolute Gasteiger partial charge is 0.318 e. The van der Waals surface area contributed by atoms with Crippen molar-refractivity contribution in [2.45, 2.75) is 25.9 Å². The largest absolute Gasteiger partial charge is 0.497 e. The zero-order valence-electron chi connectivity index (χ0n) is 20.5. The van der Waals surface area contributed by atoms with Gasteiger partial charge in [0, 0.05) is 31.4 Å². The fourth-order valence-electron chi connectivity index (χ4n) is 4.66. The van der Waals surface area contributed by atoms with Gasteiger partial charge in [-0.05, 0) is 67.4 Å². The highest BCUT2D eigenvalue weighted by molar-refractivity contribution is 5.92. The zero-order chi connectivity index (χ0) is 25.2. The number of nitrogens with zero attached hydrogens (tertiary/aromatic N) is 4. The number of fused-ring (bicyclic) bond motifs is 1. The molecule has 0 radical (unpaired) electrons. The molecule has 0 saturated carbocycles. The van der Waals surface area contributed by atoms with E-state index >= 15 is 0 Å². The normalized spacial score (nSPS) is 16.7. The number of hydrogen-bond donors (Lipinski definition) is 2. The second-order valence-electron chi connectivity index (χ2n) is 9.08. The van der Waals surface area contributed by atoms with Crippen LogP contribution >= 0.6 is 0 Å². The maximum atomic E-state index is 13.3. The first-order valence-corrected chi connectivity index (χ1v) is 12.0. The molecule has 36 heavy (non-hydrogen) atoms. The number of amides is 2. The number of carbonyl (C=O) groups excluding carboxylic acids is 1. The van der Waals surface area contributed by atoms with E-state index in [4.69, 9.17) is 4.74 Å². The van der Waals surface area contributed by atoms with Crippen LogP contribution in [0, 0.1) is 5.82 Å². The first-order valence-electron chi connectivity index (χ1n) is 12.0. The van der Waals surface area contributed by atoms with Gasteiger partial charge in [-0.25, -0.2) is 19.2 Å². The van der Waals surface area contributed by atoms with Crippen LogP contribution < -0.4 is 15.0 Å². The lowest BCUT2D eigenvalue weighted by atomic mass is 10.1. The summed E-state index contributed by atoms with van der Waals surface area (Å²) in [6.45, 7) is 5.89. The standard InChI is InChI=1S/C27H29FN6O2/c1-17-15-33(12-13-34(17)27(35)31-18(2)19-6-10-22(36-3)11-7-19)26-23-14-24(32-25(23)29-16-30-26)20-4-8-21(28)9-5-20/h4-11,14,16-18H,12-13,15H2,1-3H3,(H,31,35)(H,29,30,32)/t17-,18+/m1/s1. The third kappa shape index (κ3) is 4.68. The van der Waals surface area contributed by atoms with E-state index in [1.54, 1.807) is 25.6 Å². The van der Waals surface area contributed by atoms with Gasteiger partial charge in [-0.1, -0.05) is 12.1 Å². The second-order valence-corrected chi connectivity index (χ2v) is 9.08. The maximum Gasteiger partial charge on any atom is 0.318 e. The highest BCUT2D eigenvalue weighted by Gasteiger charge is 2.30. The van der Waals surface area contributed by atoms with E-state index in [2.05, 4.69) is 25.2 Å². The van der Waals surface area contributed by atoms with E-state index in [9.17, 15) is 9.18 Å². The molecule has 1 aliphatic rings. The van der Waals surface area contributed by atoms with Crippen molar-refractivity contribution in [2.75, 3.05) is 31.6 Å². The van der Waals surface area contributed by atoms with Crippen LogP contribution in [0.25, 0.3) is 22.3 Å². The fourth-order valence-corrected chi connectivity index (χ4v) is 4.66. The Hall–Kier alpha value is -4.14. The van der Waals surface area contributed by atoms with Crippen LogP contribution in [0.2, 0.25) is 0 Å². The van der Waals surface area contributed by atoms with Crippen LogP contribution in [-0.4, -0.2) is 58.7 Å². The minimum Gasteiger partial charge on any atom is -0.497 e. The van der Waals surface area contributed by atoms with Crippen LogP contribution in [0.5, 0.6) is 5.75 Å². The van der Waals surface area contributed by atoms with Gasteiger partial charge < -0.3 is 24.8 Å². The Bertz CT molecular complexity index is 1360. The van der Waals surface area contributed by atoms with Crippen molar-refractivity contribution in [3.8, 4) is 17.0 Å². The number of ether oxygens (including phenoxy) is 1. The predicted molar refractivity (Wildman–Crippen MR) is 138 cm³/mol. The van der Waals surface area contributed by atoms with E-state index < -0.39 is 0 Å². The summed E-state index contributed by atoms with van der Waals surface area (Å²) >= 11 is 0. The van der Waals surface area contributed by atoms with E-state index in [0.717, 1.165) is 39.4 Å². The quantitative estimate of drug-likeness (QED) is 0.423. The Labute approximate surface area is 209 Å². The van der Waals surface area contributed by atoms with E-state index in [0.29, 0.717) is 19.6 Å². The van der Waals surface area contributed by atoms with Crippen LogP contribution in [0.1, 0.15) is 25.5 Å². The number of carbonyl (C=O) groups is 1. The van der Waals surface area contributed by atoms with Gasteiger partial charge in [-0.2, -0.15) is 0 Å². The van der Waals surface area contributed by atoms with Gasteiger partial charge in [-0.15, -0.1) is 0 Å². The van der Waals surface area contributed by atoms with Crippen LogP contribution in [0.15, 0.2) is 60.9 Å². The van der Waals surface area contributed by atoms with Crippen LogP contribution in [0.4, 0.5) is 15.0 Å². The van der Waals surface area contributed by atoms with Gasteiger partial charge in [0.2, 0.25) is 0 Å². The third-order valence-corrected chi connectivity index (χ3v) is 6.70. The first-order chi connectivity index (χ1) is 17.4. The molecule has 186 valence electrons. The lowest BCUT2D eigenvalue weighted by Crippen LogP contribution is -2.57. The third-order valence-electron chi connectivity index (χ3n) is 6.70. The monoisotopic (exact) mass is 488 g/mol. The summed E-state index contributed by atoms with van der Waals surface area (Å²) in [5.41, 5.74) is 3.47. The van der Waals surface area contributed by atoms with E-state index in [1.165, 1.54) is 12.1 Å². The Morgan fingerprint density at radius 3 is 2.58 bits per heavy atom. The molecule has 2 atom stereocenters. The molecule has 2 N–H and O–H groups in total. The lowest BCUT2D eigenvalue weighted by molar-refractivity contribution is 0.168. The van der Waals surface area contributed by atoms with Crippen molar-refractivity contribution < 1.29 is 13.9 Å². The molecular formula is C27H29FN6O2. The van der Waals surface area contributed by atoms with Gasteiger partial charge >= 0.3 is 6.03 Å². The molecule has 2 aromatic heterocycles. The van der Waals surface area contributed by atoms with Crippen molar-refractivity contribution >= 4 is 22.9 Å². The number of piperazine rings is 1. The highest BCUT2D eigenvalue weighted by Crippen LogP contribution is 2.30. The first kappa shape index (κ1) is 23.6. The molecule has 2 amide bonds. The van der Waals surface area contributed by atoms with Gasteiger partial charge in [0.1, 0.15) is 29.4 Å². The van der Waals surface area contributed by atoms with Crippen LogP contribution in [-0.2, 0) is 0 Å². The minimum absolute atomic E-state index is 0.0117. The predicted octanol–water partition coefficient (Wildman–Crippen LogP) is 4.75. The number of H-pyrrole nitrogens is 1. The Morgan fingerprint density at radius 2 is 1.89 bits per heavy atom. The highest BCUT2D eigenvalue weighted by atomic mass is 19.1. The molecule has 1 fully saturated rings. The SMILES string of the molecule is COc1ccc([C@H](C)NC(=O)N2CCN(c3ncnc4[nH]c(-c5ccc(F)cc5)cc34)C[C@H]2C)cc1. The molecular weight excluding hydrogens is 459 g/mol. The number of anilines is 1. The Morgan fingerprint density at radius 1 is 1.14 bits per heavy atom. The summed E-state index contributed by atoms with van der Waals surface area (Å²) in [6.07, 6.45) is 1.54. The number of aromatic nitrogens is 3. The summed E-state index contributed by atoms with van der Waals surface area (Å²) in [7, 11) is 1.63. The molecule has 8 nitrogen and oxygen atoms in total. The van der Waals surface area contributed by atoms with Crippen molar-refractivity contribution in [1.29, 1.82) is 0 Å². The zero-order valence-corrected chi connectivity index (χ0v) is 20.5. The van der Waals surface area contributed by atoms with Gasteiger partial charge in [0.15, 0.2) is 0 Å². The minimum atomic E-state index is -0.273. The van der Waals surface area contributed by atoms with Crippen molar-refractivity contribution in [1.82, 2.24) is 25.2 Å². The average molecular weight is 489 g/mol. The number of benzene rings is 2. The Balaban J connectivity index is 1.28. The summed E-state index contributed by atoms with van der Waals surface area (Å²) in [6, 6.07) is 15.8. The van der Waals surface area contributed by atoms with Gasteiger partial charge in [0.25, 0.3) is 0 Å². The molecule has 9 heteroatoms. The number of urea groups is 1. The molecule has 3 heterocycles. The number of aromatic amines is 1. The summed E-state index contributed by atoms with van der Waals surface area (Å²) in [5, 5.41) is 4.01. The molecule has 2 aromatic carbocycles. The van der Waals surface area contributed by atoms with Gasteiger partial charge in [0.05, 0.1) is 18.5 Å². The average Bonchev–Trinajstić information content (AvgIpc) is 3.33. The fraction of sp³-hybridized carbons (Fsp3) is 0.296. The molecule has 0 bridgehead atoms. The summed E-state index contributed by atoms with van der Waals surface area (Å²) < 4.78 is 18.6. The molecule has 1 saturated heterocycles. The Kier molecular flexibility index (Phi) is 6.45. The van der Waals surface area contributed by atoms with Crippen molar-refractivity contribution in [3.05, 3.63) is 72.3 Å². The van der Waals surface area contributed by atoms with Crippen molar-refractivity contribution in [3.63, 3.8) is 0 Å². The topological polar surface area (TPSA) is 86.4 Å². The molecule has 5 rings (SSSR count). The second kappa shape index (κ2) is 9.85. The molecule has 0 unspecified atom stereocenters. The maximum absolute atomic E-state index is 13.3.